The van der Waals surface area contributed by atoms with Gasteiger partial charge in [0.1, 0.15) is 48.8 Å². The van der Waals surface area contributed by atoms with E-state index in [1.54, 1.807) is 7.11 Å². The maximum atomic E-state index is 7.19. The monoisotopic (exact) mass is 916 g/mol. The molecule has 0 aromatic heterocycles. The summed E-state index contributed by atoms with van der Waals surface area (Å²) in [6, 6.07) is 14.7. The lowest BCUT2D eigenvalue weighted by atomic mass is 9.88. The van der Waals surface area contributed by atoms with Crippen LogP contribution in [0.15, 0.2) is 42.5 Å². The number of benzene rings is 2. The summed E-state index contributed by atoms with van der Waals surface area (Å²) in [6.07, 6.45) is -9.91. The molecular formula is C48H68O17. The van der Waals surface area contributed by atoms with E-state index < -0.39 is 105 Å². The van der Waals surface area contributed by atoms with Gasteiger partial charge in [0.25, 0.3) is 0 Å². The van der Waals surface area contributed by atoms with Gasteiger partial charge in [-0.05, 0) is 50.1 Å². The number of ether oxygens (including phenoxy) is 17. The minimum absolute atomic E-state index is 0.193. The molecule has 65 heavy (non-hydrogen) atoms. The predicted molar refractivity (Wildman–Crippen MR) is 227 cm³/mol. The Morgan fingerprint density at radius 2 is 0.800 bits per heavy atom. The molecule has 2 aromatic rings. The molecular weight excluding hydrogens is 849 g/mol. The van der Waals surface area contributed by atoms with Crippen molar-refractivity contribution in [1.82, 2.24) is 0 Å². The quantitative estimate of drug-likeness (QED) is 0.313. The molecule has 8 aliphatic heterocycles. The second kappa shape index (κ2) is 19.8. The highest BCUT2D eigenvalue weighted by atomic mass is 16.8. The smallest absolute Gasteiger partial charge is 0.163 e. The standard InChI is InChI=1S/C48H68O17/c1-22-37(54-17-30-14-15-31-12-10-11-13-32(31)16-30)41-33(18-50-26(5)55-41)60-46(22)64-39-24(3)48(62-35-20-52-28(7)57-43(35)39)65-40-25(4)47(61-36-21-53-29(8)58-44(36)40)63-38-23(2)45(49-9)59-34-19-51-27(6)56-42(34)38/h10-16,22-29,33-48H,17-21H2,1-9H3/t22?,23?,24?,25?,26?,27?,28?,29?,33?,34?,35?,36?,37-,38-,39-,40-,41-,42-,43-,44-,45-,46+,47+,48+/m1/s1. The van der Waals surface area contributed by atoms with Crippen LogP contribution in [0.4, 0.5) is 0 Å². The first-order valence-corrected chi connectivity index (χ1v) is 23.7. The summed E-state index contributed by atoms with van der Waals surface area (Å²) in [5, 5.41) is 2.34. The zero-order valence-corrected chi connectivity index (χ0v) is 38.9. The van der Waals surface area contributed by atoms with Gasteiger partial charge in [-0.25, -0.2) is 0 Å². The van der Waals surface area contributed by atoms with E-state index in [1.807, 2.05) is 46.8 Å². The van der Waals surface area contributed by atoms with Crippen LogP contribution in [0.5, 0.6) is 0 Å². The number of hydrogen-bond acceptors (Lipinski definition) is 17. The Labute approximate surface area is 381 Å². The van der Waals surface area contributed by atoms with Crippen LogP contribution in [-0.4, -0.2) is 157 Å². The third kappa shape index (κ3) is 9.54. The Bertz CT molecular complexity index is 1890. The first-order chi connectivity index (χ1) is 31.4. The molecule has 8 aliphatic rings. The molecule has 0 aliphatic carbocycles. The summed E-state index contributed by atoms with van der Waals surface area (Å²) in [5.74, 6) is -1.13. The van der Waals surface area contributed by atoms with Crippen LogP contribution in [0.3, 0.4) is 0 Å². The van der Waals surface area contributed by atoms with Crippen molar-refractivity contribution in [2.45, 2.75) is 186 Å². The average molecular weight is 917 g/mol. The van der Waals surface area contributed by atoms with Crippen molar-refractivity contribution in [2.75, 3.05) is 33.5 Å². The van der Waals surface area contributed by atoms with Crippen LogP contribution in [0.25, 0.3) is 10.8 Å². The SMILES string of the molecule is CO[C@@H]1OC2COC(C)O[C@H]2[C@H](O[C@@H]2OC3COC(C)O[C@H]3[C@H](O[C@@H]3OC4COC(C)O[C@H]4[C@H](O[C@@H]4OC5COC(C)O[C@H]5[C@H](OCc5ccc6ccccc6c5)C4C)C3C)C2C)C1C. The van der Waals surface area contributed by atoms with Gasteiger partial charge in [-0.2, -0.15) is 0 Å². The second-order valence-corrected chi connectivity index (χ2v) is 19.1. The van der Waals surface area contributed by atoms with Gasteiger partial charge in [0.2, 0.25) is 0 Å². The van der Waals surface area contributed by atoms with Gasteiger partial charge < -0.3 is 80.5 Å². The lowest BCUT2D eigenvalue weighted by Crippen LogP contribution is -2.67. The molecule has 12 unspecified atom stereocenters. The fourth-order valence-corrected chi connectivity index (χ4v) is 10.9. The zero-order chi connectivity index (χ0) is 45.1. The second-order valence-electron chi connectivity index (χ2n) is 19.1. The maximum Gasteiger partial charge on any atom is 0.163 e. The molecule has 0 N–H and O–H groups in total. The van der Waals surface area contributed by atoms with Gasteiger partial charge in [-0.15, -0.1) is 0 Å². The van der Waals surface area contributed by atoms with E-state index in [2.05, 4.69) is 51.1 Å². The number of methoxy groups -OCH3 is 1. The van der Waals surface area contributed by atoms with Gasteiger partial charge >= 0.3 is 0 Å². The molecule has 0 amide bonds. The molecule has 8 heterocycles. The predicted octanol–water partition coefficient (Wildman–Crippen LogP) is 5.02. The lowest BCUT2D eigenvalue weighted by Gasteiger charge is -2.54. The highest BCUT2D eigenvalue weighted by Crippen LogP contribution is 2.44. The van der Waals surface area contributed by atoms with E-state index in [9.17, 15) is 0 Å². The molecule has 17 heteroatoms. The lowest BCUT2D eigenvalue weighted by molar-refractivity contribution is -0.414. The average Bonchev–Trinajstić information content (AvgIpc) is 3.30. The summed E-state index contributed by atoms with van der Waals surface area (Å²) in [7, 11) is 1.63. The van der Waals surface area contributed by atoms with Crippen molar-refractivity contribution in [3.8, 4) is 0 Å². The van der Waals surface area contributed by atoms with Crippen LogP contribution in [-0.2, 0) is 87.1 Å². The molecule has 0 bridgehead atoms. The van der Waals surface area contributed by atoms with Crippen molar-refractivity contribution >= 4 is 10.8 Å². The zero-order valence-electron chi connectivity index (χ0n) is 38.9. The number of hydrogen-bond donors (Lipinski definition) is 0. The highest BCUT2D eigenvalue weighted by molar-refractivity contribution is 5.82. The third-order valence-electron chi connectivity index (χ3n) is 14.5. The van der Waals surface area contributed by atoms with Crippen molar-refractivity contribution in [1.29, 1.82) is 0 Å². The molecule has 2 aromatic carbocycles. The van der Waals surface area contributed by atoms with E-state index in [0.717, 1.165) is 10.9 Å². The van der Waals surface area contributed by atoms with Gasteiger partial charge in [-0.1, -0.05) is 64.1 Å². The minimum atomic E-state index is -0.770. The van der Waals surface area contributed by atoms with E-state index in [-0.39, 0.29) is 48.6 Å². The van der Waals surface area contributed by atoms with Crippen molar-refractivity contribution in [3.63, 3.8) is 0 Å². The van der Waals surface area contributed by atoms with Gasteiger partial charge in [-0.3, -0.25) is 0 Å². The van der Waals surface area contributed by atoms with Crippen LogP contribution in [0.1, 0.15) is 61.0 Å². The van der Waals surface area contributed by atoms with Crippen molar-refractivity contribution in [3.05, 3.63) is 48.0 Å². The molecule has 0 radical (unpaired) electrons. The molecule has 17 nitrogen and oxygen atoms in total. The van der Waals surface area contributed by atoms with Crippen molar-refractivity contribution < 1.29 is 80.5 Å². The first kappa shape index (κ1) is 46.7. The fraction of sp³-hybridized carbons (Fsp3) is 0.792. The summed E-state index contributed by atoms with van der Waals surface area (Å²) >= 11 is 0. The van der Waals surface area contributed by atoms with E-state index in [1.165, 1.54) is 5.39 Å². The summed E-state index contributed by atoms with van der Waals surface area (Å²) in [5.41, 5.74) is 1.07. The maximum absolute atomic E-state index is 7.19. The Balaban J connectivity index is 0.891. The molecule has 8 saturated heterocycles. The summed E-state index contributed by atoms with van der Waals surface area (Å²) in [6.45, 7) is 17.5. The molecule has 0 saturated carbocycles. The Morgan fingerprint density at radius 1 is 0.431 bits per heavy atom. The van der Waals surface area contributed by atoms with Crippen LogP contribution in [0.2, 0.25) is 0 Å². The van der Waals surface area contributed by atoms with E-state index in [0.29, 0.717) is 26.4 Å². The summed E-state index contributed by atoms with van der Waals surface area (Å²) in [4.78, 5) is 0. The Hall–Kier alpha value is -1.98. The van der Waals surface area contributed by atoms with Crippen LogP contribution < -0.4 is 0 Å². The Morgan fingerprint density at radius 3 is 1.23 bits per heavy atom. The van der Waals surface area contributed by atoms with Gasteiger partial charge in [0.15, 0.2) is 50.3 Å². The van der Waals surface area contributed by atoms with E-state index >= 15 is 0 Å². The molecule has 0 spiro atoms. The van der Waals surface area contributed by atoms with Crippen molar-refractivity contribution in [2.24, 2.45) is 23.7 Å². The van der Waals surface area contributed by atoms with Crippen LogP contribution >= 0.6 is 0 Å². The number of rotatable bonds is 10. The normalized spacial score (nSPS) is 49.0. The molecule has 24 atom stereocenters. The van der Waals surface area contributed by atoms with Gasteiger partial charge in [0, 0.05) is 30.8 Å². The minimum Gasteiger partial charge on any atom is -0.370 e. The van der Waals surface area contributed by atoms with E-state index in [4.69, 9.17) is 80.5 Å². The first-order valence-electron chi connectivity index (χ1n) is 23.7. The third-order valence-corrected chi connectivity index (χ3v) is 14.5. The number of fused-ring (bicyclic) bond motifs is 5. The summed E-state index contributed by atoms with van der Waals surface area (Å²) < 4.78 is 110. The molecule has 10 rings (SSSR count). The fourth-order valence-electron chi connectivity index (χ4n) is 10.9. The van der Waals surface area contributed by atoms with Gasteiger partial charge in [0.05, 0.1) is 57.5 Å². The highest BCUT2D eigenvalue weighted by Gasteiger charge is 2.58. The topological polar surface area (TPSA) is 157 Å². The Kier molecular flexibility index (Phi) is 14.2. The molecule has 362 valence electrons. The van der Waals surface area contributed by atoms with Crippen LogP contribution in [0, 0.1) is 23.7 Å². The molecule has 8 fully saturated rings. The largest absolute Gasteiger partial charge is 0.370 e.